The van der Waals surface area contributed by atoms with Crippen molar-refractivity contribution in [2.75, 3.05) is 13.2 Å². The van der Waals surface area contributed by atoms with E-state index in [9.17, 15) is 0 Å². The molecule has 0 aromatic rings. The molecular weight excluding hydrogens is 120 g/mol. The number of rotatable bonds is 4. The number of nitrogens with two attached hydrogens (primary N) is 1. The first-order valence-corrected chi connectivity index (χ1v) is 2.96. The fourth-order valence-electron chi connectivity index (χ4n) is 0.402. The van der Waals surface area contributed by atoms with Gasteiger partial charge in [0.05, 0.1) is 18.9 Å². The fraction of sp³-hybridized carbons (Fsp3) is 1.00. The van der Waals surface area contributed by atoms with Crippen LogP contribution in [0, 0.1) is 0 Å². The van der Waals surface area contributed by atoms with E-state index in [1.165, 1.54) is 0 Å². The van der Waals surface area contributed by atoms with Crippen molar-refractivity contribution < 1.29 is 10.2 Å². The summed E-state index contributed by atoms with van der Waals surface area (Å²) in [5, 5.41) is 19.8. The molecule has 0 fully saturated rings. The molecule has 0 amide bonds. The van der Waals surface area contributed by atoms with Crippen LogP contribution in [0.1, 0.15) is 6.92 Å². The third-order valence-corrected chi connectivity index (χ3v) is 1.01. The van der Waals surface area contributed by atoms with Crippen molar-refractivity contribution in [2.45, 2.75) is 19.2 Å². The first-order chi connectivity index (χ1) is 4.18. The van der Waals surface area contributed by atoms with E-state index in [2.05, 4.69) is 5.32 Å². The first kappa shape index (κ1) is 8.84. The van der Waals surface area contributed by atoms with Crippen molar-refractivity contribution in [3.63, 3.8) is 0 Å². The highest BCUT2D eigenvalue weighted by Gasteiger charge is 2.05. The SMILES string of the molecule is CC(O)C(N)NCCO. The minimum absolute atomic E-state index is 0.0421. The zero-order chi connectivity index (χ0) is 7.28. The summed E-state index contributed by atoms with van der Waals surface area (Å²) in [6, 6.07) is 0. The Kier molecular flexibility index (Phi) is 4.61. The smallest absolute Gasteiger partial charge is 0.0812 e. The maximum atomic E-state index is 8.78. The summed E-state index contributed by atoms with van der Waals surface area (Å²) in [6.45, 7) is 2.06. The monoisotopic (exact) mass is 134 g/mol. The molecule has 0 aliphatic heterocycles. The van der Waals surface area contributed by atoms with E-state index in [4.69, 9.17) is 15.9 Å². The van der Waals surface area contributed by atoms with Crippen molar-refractivity contribution >= 4 is 0 Å². The summed E-state index contributed by atoms with van der Waals surface area (Å²) in [4.78, 5) is 0. The molecule has 0 aromatic heterocycles. The highest BCUT2D eigenvalue weighted by molar-refractivity contribution is 4.63. The second kappa shape index (κ2) is 4.69. The normalized spacial score (nSPS) is 17.3. The van der Waals surface area contributed by atoms with Gasteiger partial charge in [-0.05, 0) is 6.92 Å². The van der Waals surface area contributed by atoms with Gasteiger partial charge < -0.3 is 15.9 Å². The maximum absolute atomic E-state index is 8.78. The lowest BCUT2D eigenvalue weighted by atomic mass is 10.3. The van der Waals surface area contributed by atoms with E-state index >= 15 is 0 Å². The van der Waals surface area contributed by atoms with Crippen molar-refractivity contribution in [3.05, 3.63) is 0 Å². The Balaban J connectivity index is 3.16. The molecule has 4 nitrogen and oxygen atoms in total. The molecule has 0 heterocycles. The van der Waals surface area contributed by atoms with E-state index < -0.39 is 12.3 Å². The third-order valence-electron chi connectivity index (χ3n) is 1.01. The Morgan fingerprint density at radius 3 is 2.56 bits per heavy atom. The molecule has 2 atom stereocenters. The minimum atomic E-state index is -0.573. The predicted octanol–water partition coefficient (Wildman–Crippen LogP) is -1.77. The maximum Gasteiger partial charge on any atom is 0.0812 e. The van der Waals surface area contributed by atoms with Crippen LogP contribution in [-0.2, 0) is 0 Å². The molecule has 0 radical (unpaired) electrons. The van der Waals surface area contributed by atoms with Crippen LogP contribution in [0.2, 0.25) is 0 Å². The van der Waals surface area contributed by atoms with E-state index in [1.54, 1.807) is 6.92 Å². The number of hydrogen-bond acceptors (Lipinski definition) is 4. The summed E-state index contributed by atoms with van der Waals surface area (Å²) in [6.07, 6.45) is -1.01. The molecule has 0 saturated carbocycles. The van der Waals surface area contributed by atoms with E-state index in [0.717, 1.165) is 0 Å². The lowest BCUT2D eigenvalue weighted by Gasteiger charge is -2.14. The third kappa shape index (κ3) is 4.35. The largest absolute Gasteiger partial charge is 0.395 e. The Morgan fingerprint density at radius 1 is 1.67 bits per heavy atom. The van der Waals surface area contributed by atoms with Crippen LogP contribution in [0.4, 0.5) is 0 Å². The molecular formula is C5H14N2O2. The van der Waals surface area contributed by atoms with E-state index in [-0.39, 0.29) is 6.61 Å². The van der Waals surface area contributed by atoms with Crippen molar-refractivity contribution in [1.29, 1.82) is 0 Å². The van der Waals surface area contributed by atoms with Crippen LogP contribution in [-0.4, -0.2) is 35.6 Å². The van der Waals surface area contributed by atoms with Crippen LogP contribution in [0.15, 0.2) is 0 Å². The number of aliphatic hydroxyl groups excluding tert-OH is 2. The van der Waals surface area contributed by atoms with Crippen LogP contribution < -0.4 is 11.1 Å². The summed E-state index contributed by atoms with van der Waals surface area (Å²) < 4.78 is 0. The average Bonchev–Trinajstić information content (AvgIpc) is 1.82. The molecule has 0 rings (SSSR count). The first-order valence-electron chi connectivity index (χ1n) is 2.96. The van der Waals surface area contributed by atoms with Gasteiger partial charge in [0.25, 0.3) is 0 Å². The van der Waals surface area contributed by atoms with Crippen LogP contribution >= 0.6 is 0 Å². The van der Waals surface area contributed by atoms with Gasteiger partial charge in [0, 0.05) is 6.54 Å². The van der Waals surface area contributed by atoms with Crippen LogP contribution in [0.25, 0.3) is 0 Å². The summed E-state index contributed by atoms with van der Waals surface area (Å²) in [5.74, 6) is 0. The Morgan fingerprint density at radius 2 is 2.22 bits per heavy atom. The Labute approximate surface area is 54.7 Å². The molecule has 9 heavy (non-hydrogen) atoms. The van der Waals surface area contributed by atoms with Crippen molar-refractivity contribution in [1.82, 2.24) is 5.32 Å². The molecule has 0 aliphatic carbocycles. The molecule has 0 spiro atoms. The number of hydrogen-bond donors (Lipinski definition) is 4. The van der Waals surface area contributed by atoms with Gasteiger partial charge in [-0.3, -0.25) is 5.32 Å². The molecule has 5 N–H and O–H groups in total. The van der Waals surface area contributed by atoms with Gasteiger partial charge in [0.2, 0.25) is 0 Å². The average molecular weight is 134 g/mol. The summed E-state index contributed by atoms with van der Waals surface area (Å²) in [5.41, 5.74) is 5.33. The van der Waals surface area contributed by atoms with E-state index in [1.807, 2.05) is 0 Å². The van der Waals surface area contributed by atoms with Crippen LogP contribution in [0.5, 0.6) is 0 Å². The topological polar surface area (TPSA) is 78.5 Å². The molecule has 2 unspecified atom stereocenters. The molecule has 0 aromatic carbocycles. The molecule has 56 valence electrons. The highest BCUT2D eigenvalue weighted by atomic mass is 16.3. The van der Waals surface area contributed by atoms with E-state index in [0.29, 0.717) is 6.54 Å². The second-order valence-electron chi connectivity index (χ2n) is 1.94. The standard InChI is InChI=1S/C5H14N2O2/c1-4(9)5(6)7-2-3-8/h4-5,7-9H,2-3,6H2,1H3. The number of aliphatic hydroxyl groups is 2. The van der Waals surface area contributed by atoms with Crippen molar-refractivity contribution in [2.24, 2.45) is 5.73 Å². The van der Waals surface area contributed by atoms with Gasteiger partial charge in [-0.25, -0.2) is 0 Å². The zero-order valence-electron chi connectivity index (χ0n) is 5.54. The molecule has 4 heteroatoms. The summed E-state index contributed by atoms with van der Waals surface area (Å²) >= 11 is 0. The Hall–Kier alpha value is -0.160. The lowest BCUT2D eigenvalue weighted by molar-refractivity contribution is 0.143. The van der Waals surface area contributed by atoms with Crippen molar-refractivity contribution in [3.8, 4) is 0 Å². The molecule has 0 saturated heterocycles. The fourth-order valence-corrected chi connectivity index (χ4v) is 0.402. The quantitative estimate of drug-likeness (QED) is 0.343. The van der Waals surface area contributed by atoms with Gasteiger partial charge in [0.1, 0.15) is 0 Å². The summed E-state index contributed by atoms with van der Waals surface area (Å²) in [7, 11) is 0. The van der Waals surface area contributed by atoms with Gasteiger partial charge in [-0.2, -0.15) is 0 Å². The van der Waals surface area contributed by atoms with Gasteiger partial charge >= 0.3 is 0 Å². The minimum Gasteiger partial charge on any atom is -0.395 e. The van der Waals surface area contributed by atoms with Crippen LogP contribution in [0.3, 0.4) is 0 Å². The molecule has 0 bridgehead atoms. The number of nitrogens with one attached hydrogen (secondary N) is 1. The van der Waals surface area contributed by atoms with Gasteiger partial charge in [-0.15, -0.1) is 0 Å². The zero-order valence-corrected chi connectivity index (χ0v) is 5.54. The van der Waals surface area contributed by atoms with Gasteiger partial charge in [-0.1, -0.05) is 0 Å². The lowest BCUT2D eigenvalue weighted by Crippen LogP contribution is -2.46. The predicted molar refractivity (Wildman–Crippen MR) is 34.7 cm³/mol. The van der Waals surface area contributed by atoms with Gasteiger partial charge in [0.15, 0.2) is 0 Å². The molecule has 0 aliphatic rings. The second-order valence-corrected chi connectivity index (χ2v) is 1.94. The highest BCUT2D eigenvalue weighted by Crippen LogP contribution is 1.80. The Bertz CT molecular complexity index is 68.0.